The van der Waals surface area contributed by atoms with Gasteiger partial charge in [-0.3, -0.25) is 4.79 Å². The van der Waals surface area contributed by atoms with Crippen LogP contribution in [0.25, 0.3) is 16.7 Å². The number of methoxy groups -OCH3 is 1. The molecule has 24 heavy (non-hydrogen) atoms. The number of halogens is 1. The van der Waals surface area contributed by atoms with Crippen LogP contribution < -0.4 is 10.1 Å². The largest absolute Gasteiger partial charge is 0.495 e. The Kier molecular flexibility index (Phi) is 4.66. The summed E-state index contributed by atoms with van der Waals surface area (Å²) in [5.74, 6) is 0.587. The lowest BCUT2D eigenvalue weighted by atomic mass is 10.2. The van der Waals surface area contributed by atoms with Crippen LogP contribution >= 0.6 is 11.6 Å². The van der Waals surface area contributed by atoms with Crippen LogP contribution in [-0.4, -0.2) is 28.0 Å². The van der Waals surface area contributed by atoms with Crippen molar-refractivity contribution < 1.29 is 9.53 Å². The lowest BCUT2D eigenvalue weighted by Crippen LogP contribution is -2.10. The fraction of sp³-hybridized carbons (Fsp3) is 0.235. The molecule has 0 unspecified atom stereocenters. The van der Waals surface area contributed by atoms with Gasteiger partial charge >= 0.3 is 0 Å². The van der Waals surface area contributed by atoms with E-state index in [-0.39, 0.29) is 5.91 Å². The van der Waals surface area contributed by atoms with Crippen LogP contribution in [0.1, 0.15) is 19.8 Å². The SMILES string of the molecule is CCCC(=O)Nc1ccc2nn(-c3ccc(OC)c(Cl)c3)nc2c1. The maximum absolute atomic E-state index is 11.7. The first-order valence-electron chi connectivity index (χ1n) is 7.61. The molecule has 0 fully saturated rings. The molecule has 0 aliphatic rings. The summed E-state index contributed by atoms with van der Waals surface area (Å²) in [5, 5.41) is 12.2. The highest BCUT2D eigenvalue weighted by Gasteiger charge is 2.09. The minimum Gasteiger partial charge on any atom is -0.495 e. The van der Waals surface area contributed by atoms with E-state index in [2.05, 4.69) is 15.5 Å². The van der Waals surface area contributed by atoms with Gasteiger partial charge in [-0.15, -0.1) is 10.2 Å². The number of ether oxygens (including phenoxy) is 1. The highest BCUT2D eigenvalue weighted by molar-refractivity contribution is 6.32. The molecule has 0 saturated carbocycles. The van der Waals surface area contributed by atoms with E-state index in [0.29, 0.717) is 28.4 Å². The van der Waals surface area contributed by atoms with Gasteiger partial charge in [-0.05, 0) is 42.8 Å². The highest BCUT2D eigenvalue weighted by atomic mass is 35.5. The van der Waals surface area contributed by atoms with Crippen LogP contribution in [0.2, 0.25) is 5.02 Å². The van der Waals surface area contributed by atoms with E-state index in [1.54, 1.807) is 25.3 Å². The summed E-state index contributed by atoms with van der Waals surface area (Å²) in [4.78, 5) is 13.2. The number of carbonyl (C=O) groups excluding carboxylic acids is 1. The molecule has 1 amide bonds. The zero-order valence-corrected chi connectivity index (χ0v) is 14.2. The Hall–Kier alpha value is -2.60. The van der Waals surface area contributed by atoms with Gasteiger partial charge in [-0.1, -0.05) is 18.5 Å². The van der Waals surface area contributed by atoms with Crippen molar-refractivity contribution in [3.05, 3.63) is 41.4 Å². The third kappa shape index (κ3) is 3.33. The Morgan fingerprint density at radius 2 is 2.00 bits per heavy atom. The van der Waals surface area contributed by atoms with Gasteiger partial charge < -0.3 is 10.1 Å². The first-order valence-corrected chi connectivity index (χ1v) is 7.99. The predicted molar refractivity (Wildman–Crippen MR) is 94.0 cm³/mol. The second kappa shape index (κ2) is 6.88. The first kappa shape index (κ1) is 16.3. The molecule has 3 aromatic rings. The first-order chi connectivity index (χ1) is 11.6. The number of rotatable bonds is 5. The maximum Gasteiger partial charge on any atom is 0.224 e. The van der Waals surface area contributed by atoms with Gasteiger partial charge in [0.25, 0.3) is 0 Å². The molecule has 0 bridgehead atoms. The van der Waals surface area contributed by atoms with Crippen LogP contribution in [0.15, 0.2) is 36.4 Å². The normalized spacial score (nSPS) is 10.8. The average Bonchev–Trinajstić information content (AvgIpc) is 2.98. The zero-order chi connectivity index (χ0) is 17.1. The van der Waals surface area contributed by atoms with E-state index in [9.17, 15) is 4.79 Å². The molecule has 1 aromatic heterocycles. The van der Waals surface area contributed by atoms with Gasteiger partial charge in [-0.2, -0.15) is 4.80 Å². The molecule has 7 heteroatoms. The van der Waals surface area contributed by atoms with Crippen molar-refractivity contribution >= 4 is 34.2 Å². The number of hydrogen-bond donors (Lipinski definition) is 1. The fourth-order valence-corrected chi connectivity index (χ4v) is 2.59. The van der Waals surface area contributed by atoms with Crippen LogP contribution in [-0.2, 0) is 4.79 Å². The Morgan fingerprint density at radius 1 is 1.21 bits per heavy atom. The second-order valence-electron chi connectivity index (χ2n) is 5.31. The smallest absolute Gasteiger partial charge is 0.224 e. The van der Waals surface area contributed by atoms with Gasteiger partial charge in [0.1, 0.15) is 16.8 Å². The number of amides is 1. The summed E-state index contributed by atoms with van der Waals surface area (Å²) in [6.07, 6.45) is 1.30. The number of carbonyl (C=O) groups is 1. The quantitative estimate of drug-likeness (QED) is 0.764. The van der Waals surface area contributed by atoms with Crippen LogP contribution in [0, 0.1) is 0 Å². The molecule has 0 aliphatic heterocycles. The van der Waals surface area contributed by atoms with Crippen molar-refractivity contribution in [3.8, 4) is 11.4 Å². The number of fused-ring (bicyclic) bond motifs is 1. The number of nitrogens with one attached hydrogen (secondary N) is 1. The van der Waals surface area contributed by atoms with Crippen molar-refractivity contribution in [2.45, 2.75) is 19.8 Å². The second-order valence-corrected chi connectivity index (χ2v) is 5.72. The lowest BCUT2D eigenvalue weighted by Gasteiger charge is -2.04. The van der Waals surface area contributed by atoms with E-state index in [1.807, 2.05) is 25.1 Å². The summed E-state index contributed by atoms with van der Waals surface area (Å²) in [7, 11) is 1.57. The van der Waals surface area contributed by atoms with Crippen molar-refractivity contribution in [3.63, 3.8) is 0 Å². The number of aromatic nitrogens is 3. The minimum atomic E-state index is -0.00817. The van der Waals surface area contributed by atoms with Gasteiger partial charge in [0.05, 0.1) is 17.8 Å². The Balaban J connectivity index is 1.91. The monoisotopic (exact) mass is 344 g/mol. The maximum atomic E-state index is 11.7. The molecule has 124 valence electrons. The van der Waals surface area contributed by atoms with Gasteiger partial charge in [0, 0.05) is 12.1 Å². The molecule has 0 saturated heterocycles. The molecule has 0 aliphatic carbocycles. The van der Waals surface area contributed by atoms with Gasteiger partial charge in [0.15, 0.2) is 0 Å². The van der Waals surface area contributed by atoms with Crippen molar-refractivity contribution in [2.75, 3.05) is 12.4 Å². The molecule has 3 rings (SSSR count). The van der Waals surface area contributed by atoms with E-state index < -0.39 is 0 Å². The van der Waals surface area contributed by atoms with E-state index in [4.69, 9.17) is 16.3 Å². The Morgan fingerprint density at radius 3 is 2.71 bits per heavy atom. The molecule has 1 N–H and O–H groups in total. The molecule has 0 radical (unpaired) electrons. The lowest BCUT2D eigenvalue weighted by molar-refractivity contribution is -0.116. The number of nitrogens with zero attached hydrogens (tertiary/aromatic N) is 3. The fourth-order valence-electron chi connectivity index (χ4n) is 2.34. The van der Waals surface area contributed by atoms with Crippen molar-refractivity contribution in [2.24, 2.45) is 0 Å². The third-order valence-corrected chi connectivity index (χ3v) is 3.80. The molecule has 0 atom stereocenters. The van der Waals surface area contributed by atoms with E-state index in [0.717, 1.165) is 17.6 Å². The Bertz CT molecular complexity index is 891. The third-order valence-electron chi connectivity index (χ3n) is 3.51. The standard InChI is InChI=1S/C17H17ClN4O2/c1-3-4-17(23)19-11-5-7-14-15(9-11)21-22(20-14)12-6-8-16(24-2)13(18)10-12/h5-10H,3-4H2,1-2H3,(H,19,23). The predicted octanol–water partition coefficient (Wildman–Crippen LogP) is 3.82. The average molecular weight is 345 g/mol. The van der Waals surface area contributed by atoms with Gasteiger partial charge in [0.2, 0.25) is 5.91 Å². The summed E-state index contributed by atoms with van der Waals surface area (Å²) in [5.41, 5.74) is 2.86. The highest BCUT2D eigenvalue weighted by Crippen LogP contribution is 2.26. The van der Waals surface area contributed by atoms with Crippen LogP contribution in [0.4, 0.5) is 5.69 Å². The molecule has 2 aromatic carbocycles. The number of anilines is 1. The molecular weight excluding hydrogens is 328 g/mol. The summed E-state index contributed by atoms with van der Waals surface area (Å²) >= 11 is 6.15. The zero-order valence-electron chi connectivity index (χ0n) is 13.4. The molecule has 6 nitrogen and oxygen atoms in total. The molecule has 0 spiro atoms. The summed E-state index contributed by atoms with van der Waals surface area (Å²) in [6.45, 7) is 1.97. The van der Waals surface area contributed by atoms with E-state index in [1.165, 1.54) is 4.80 Å². The van der Waals surface area contributed by atoms with Gasteiger partial charge in [-0.25, -0.2) is 0 Å². The summed E-state index contributed by atoms with van der Waals surface area (Å²) in [6, 6.07) is 10.8. The number of benzene rings is 2. The number of hydrogen-bond acceptors (Lipinski definition) is 4. The molecular formula is C17H17ClN4O2. The Labute approximate surface area is 144 Å². The van der Waals surface area contributed by atoms with Crippen LogP contribution in [0.3, 0.4) is 0 Å². The topological polar surface area (TPSA) is 69.0 Å². The van der Waals surface area contributed by atoms with Crippen LogP contribution in [0.5, 0.6) is 5.75 Å². The summed E-state index contributed by atoms with van der Waals surface area (Å²) < 4.78 is 5.15. The minimum absolute atomic E-state index is 0.00817. The molecule has 1 heterocycles. The van der Waals surface area contributed by atoms with Crippen molar-refractivity contribution in [1.82, 2.24) is 15.0 Å². The van der Waals surface area contributed by atoms with E-state index >= 15 is 0 Å². The van der Waals surface area contributed by atoms with Crippen molar-refractivity contribution in [1.29, 1.82) is 0 Å².